The number of ether oxygens (including phenoxy) is 1. The van der Waals surface area contributed by atoms with Crippen LogP contribution in [0.15, 0.2) is 42.7 Å². The first-order valence-corrected chi connectivity index (χ1v) is 10.1. The van der Waals surface area contributed by atoms with Crippen LogP contribution in [0.5, 0.6) is 0 Å². The van der Waals surface area contributed by atoms with Crippen molar-refractivity contribution in [3.63, 3.8) is 0 Å². The molecular weight excluding hydrogens is 373 g/mol. The largest absolute Gasteiger partial charge is 0.371 e. The van der Waals surface area contributed by atoms with Crippen LogP contribution in [0.1, 0.15) is 25.7 Å². The van der Waals surface area contributed by atoms with Gasteiger partial charge in [0.2, 0.25) is 5.95 Å². The van der Waals surface area contributed by atoms with Crippen molar-refractivity contribution in [2.45, 2.75) is 43.4 Å². The van der Waals surface area contributed by atoms with Gasteiger partial charge in [0.25, 0.3) is 0 Å². The maximum atomic E-state index is 13.1. The number of piperidine rings is 1. The molecular formula is C21H24FN5O2. The van der Waals surface area contributed by atoms with Gasteiger partial charge in [-0.15, -0.1) is 0 Å². The topological polar surface area (TPSA) is 70.6 Å². The van der Waals surface area contributed by atoms with Crippen LogP contribution in [0.3, 0.4) is 0 Å². The molecule has 3 aliphatic heterocycles. The molecule has 1 spiro atoms. The van der Waals surface area contributed by atoms with Crippen LogP contribution in [0.4, 0.5) is 20.8 Å². The number of urea groups is 1. The molecule has 3 atom stereocenters. The first-order chi connectivity index (χ1) is 14.1. The molecule has 1 unspecified atom stereocenters. The molecule has 0 saturated carbocycles. The zero-order valence-corrected chi connectivity index (χ0v) is 16.1. The third kappa shape index (κ3) is 3.53. The van der Waals surface area contributed by atoms with Crippen molar-refractivity contribution < 1.29 is 13.9 Å². The van der Waals surface area contributed by atoms with Crippen LogP contribution in [0.25, 0.3) is 0 Å². The number of halogens is 1. The van der Waals surface area contributed by atoms with Crippen LogP contribution < -0.4 is 10.2 Å². The number of fused-ring (bicyclic) bond motifs is 2. The molecule has 2 aromatic rings. The number of nitrogens with zero attached hydrogens (tertiary/aromatic N) is 4. The highest BCUT2D eigenvalue weighted by molar-refractivity contribution is 5.90. The summed E-state index contributed by atoms with van der Waals surface area (Å²) in [5, 5.41) is 2.91. The number of amides is 2. The van der Waals surface area contributed by atoms with E-state index in [1.54, 1.807) is 24.5 Å². The lowest BCUT2D eigenvalue weighted by molar-refractivity contribution is -0.102. The van der Waals surface area contributed by atoms with Gasteiger partial charge in [-0.25, -0.2) is 19.2 Å². The average molecular weight is 397 g/mol. The van der Waals surface area contributed by atoms with Gasteiger partial charge in [0, 0.05) is 36.7 Å². The molecule has 3 fully saturated rings. The predicted octanol–water partition coefficient (Wildman–Crippen LogP) is 3.05. The molecule has 1 aromatic carbocycles. The van der Waals surface area contributed by atoms with Gasteiger partial charge < -0.3 is 19.9 Å². The molecule has 1 aromatic heterocycles. The fourth-order valence-electron chi connectivity index (χ4n) is 5.07. The van der Waals surface area contributed by atoms with Crippen molar-refractivity contribution >= 4 is 17.7 Å². The minimum Gasteiger partial charge on any atom is -0.371 e. The van der Waals surface area contributed by atoms with Crippen molar-refractivity contribution in [3.05, 3.63) is 48.5 Å². The summed E-state index contributed by atoms with van der Waals surface area (Å²) in [5.74, 6) is 0.420. The van der Waals surface area contributed by atoms with E-state index in [1.807, 2.05) is 11.0 Å². The van der Waals surface area contributed by atoms with E-state index in [1.165, 1.54) is 12.1 Å². The summed E-state index contributed by atoms with van der Waals surface area (Å²) in [4.78, 5) is 25.9. The van der Waals surface area contributed by atoms with E-state index in [2.05, 4.69) is 20.2 Å². The lowest BCUT2D eigenvalue weighted by atomic mass is 9.84. The molecule has 29 heavy (non-hydrogen) atoms. The van der Waals surface area contributed by atoms with Crippen LogP contribution in [0.2, 0.25) is 0 Å². The Balaban J connectivity index is 1.29. The Morgan fingerprint density at radius 2 is 1.83 bits per heavy atom. The van der Waals surface area contributed by atoms with E-state index in [0.717, 1.165) is 44.7 Å². The number of nitrogens with one attached hydrogen (secondary N) is 1. The minimum absolute atomic E-state index is 0.113. The zero-order chi connectivity index (χ0) is 19.8. The zero-order valence-electron chi connectivity index (χ0n) is 16.1. The number of carbonyl (C=O) groups excluding carboxylic acids is 1. The highest BCUT2D eigenvalue weighted by Crippen LogP contribution is 2.44. The van der Waals surface area contributed by atoms with E-state index in [-0.39, 0.29) is 29.5 Å². The Morgan fingerprint density at radius 3 is 2.52 bits per heavy atom. The third-order valence-electron chi connectivity index (χ3n) is 6.25. The molecule has 152 valence electrons. The molecule has 4 heterocycles. The smallest absolute Gasteiger partial charge is 0.322 e. The summed E-state index contributed by atoms with van der Waals surface area (Å²) in [6.07, 6.45) is 7.10. The van der Waals surface area contributed by atoms with Crippen LogP contribution in [-0.4, -0.2) is 58.3 Å². The van der Waals surface area contributed by atoms with Crippen molar-refractivity contribution in [2.24, 2.45) is 0 Å². The average Bonchev–Trinajstić information content (AvgIpc) is 3.03. The van der Waals surface area contributed by atoms with Crippen LogP contribution >= 0.6 is 0 Å². The Labute approximate surface area is 168 Å². The number of aromatic nitrogens is 2. The fourth-order valence-corrected chi connectivity index (χ4v) is 5.07. The van der Waals surface area contributed by atoms with Gasteiger partial charge in [-0.1, -0.05) is 0 Å². The summed E-state index contributed by atoms with van der Waals surface area (Å²) in [7, 11) is 0. The number of benzene rings is 1. The number of carbonyl (C=O) groups is 1. The predicted molar refractivity (Wildman–Crippen MR) is 106 cm³/mol. The summed E-state index contributed by atoms with van der Waals surface area (Å²) < 4.78 is 19.4. The van der Waals surface area contributed by atoms with Crippen LogP contribution in [0, 0.1) is 5.82 Å². The first kappa shape index (κ1) is 18.3. The van der Waals surface area contributed by atoms with Gasteiger partial charge in [-0.2, -0.15) is 0 Å². The van der Waals surface area contributed by atoms with E-state index < -0.39 is 0 Å². The second-order valence-corrected chi connectivity index (χ2v) is 8.14. The lowest BCUT2D eigenvalue weighted by Crippen LogP contribution is -2.61. The Kier molecular flexibility index (Phi) is 4.58. The monoisotopic (exact) mass is 397 g/mol. The molecule has 0 radical (unpaired) electrons. The molecule has 0 aliphatic carbocycles. The van der Waals surface area contributed by atoms with Gasteiger partial charge >= 0.3 is 6.03 Å². The SMILES string of the molecule is O=C(Nc1ccc(F)cc1)N1[C@@H]2CC[C@H]1CC1(C2)CN(c2ncccn2)CCO1. The van der Waals surface area contributed by atoms with Gasteiger partial charge in [0.15, 0.2) is 0 Å². The minimum atomic E-state index is -0.315. The molecule has 2 amide bonds. The van der Waals surface area contributed by atoms with Gasteiger partial charge in [-0.3, -0.25) is 0 Å². The molecule has 7 nitrogen and oxygen atoms in total. The Bertz CT molecular complexity index is 864. The van der Waals surface area contributed by atoms with Gasteiger partial charge in [0.1, 0.15) is 5.82 Å². The molecule has 1 N–H and O–H groups in total. The molecule has 5 rings (SSSR count). The third-order valence-corrected chi connectivity index (χ3v) is 6.25. The van der Waals surface area contributed by atoms with E-state index in [4.69, 9.17) is 4.74 Å². The quantitative estimate of drug-likeness (QED) is 0.844. The second-order valence-electron chi connectivity index (χ2n) is 8.14. The van der Waals surface area contributed by atoms with E-state index >= 15 is 0 Å². The molecule has 3 saturated heterocycles. The summed E-state index contributed by atoms with van der Waals surface area (Å²) in [6, 6.07) is 7.87. The summed E-state index contributed by atoms with van der Waals surface area (Å²) in [6.45, 7) is 2.16. The van der Waals surface area contributed by atoms with Gasteiger partial charge in [-0.05, 0) is 56.0 Å². The number of rotatable bonds is 2. The van der Waals surface area contributed by atoms with Crippen molar-refractivity contribution in [1.82, 2.24) is 14.9 Å². The summed E-state index contributed by atoms with van der Waals surface area (Å²) in [5.41, 5.74) is 0.341. The fraction of sp³-hybridized carbons (Fsp3) is 0.476. The van der Waals surface area contributed by atoms with Crippen molar-refractivity contribution in [3.8, 4) is 0 Å². The molecule has 8 heteroatoms. The maximum Gasteiger partial charge on any atom is 0.322 e. The summed E-state index contributed by atoms with van der Waals surface area (Å²) >= 11 is 0. The van der Waals surface area contributed by atoms with Crippen LogP contribution in [-0.2, 0) is 4.74 Å². The van der Waals surface area contributed by atoms with Crippen molar-refractivity contribution in [1.29, 1.82) is 0 Å². The molecule has 2 bridgehead atoms. The Morgan fingerprint density at radius 1 is 1.14 bits per heavy atom. The highest BCUT2D eigenvalue weighted by atomic mass is 19.1. The number of anilines is 2. The standard InChI is InChI=1S/C21H24FN5O2/c22-15-2-4-16(5-3-15)25-20(28)27-17-6-7-18(27)13-21(12-17)14-26(10-11-29-21)19-23-8-1-9-24-19/h1-5,8-9,17-18H,6-7,10-14H2,(H,25,28)/t17-,18+,21?. The lowest BCUT2D eigenvalue weighted by Gasteiger charge is -2.50. The van der Waals surface area contributed by atoms with E-state index in [0.29, 0.717) is 12.3 Å². The normalized spacial score (nSPS) is 28.6. The van der Waals surface area contributed by atoms with Crippen molar-refractivity contribution in [2.75, 3.05) is 29.9 Å². The molecule has 3 aliphatic rings. The number of morpholine rings is 1. The first-order valence-electron chi connectivity index (χ1n) is 10.1. The maximum absolute atomic E-state index is 13.1. The second kappa shape index (κ2) is 7.26. The van der Waals surface area contributed by atoms with E-state index in [9.17, 15) is 9.18 Å². The Hall–Kier alpha value is -2.74. The number of hydrogen-bond acceptors (Lipinski definition) is 5. The highest BCUT2D eigenvalue weighted by Gasteiger charge is 2.52. The van der Waals surface area contributed by atoms with Gasteiger partial charge in [0.05, 0.1) is 18.8 Å². The number of hydrogen-bond donors (Lipinski definition) is 1.